The summed E-state index contributed by atoms with van der Waals surface area (Å²) in [6, 6.07) is 9.28. The number of esters is 1. The van der Waals surface area contributed by atoms with Crippen LogP contribution >= 0.6 is 0 Å². The molecule has 0 amide bonds. The lowest BCUT2D eigenvalue weighted by molar-refractivity contribution is -0.137. The summed E-state index contributed by atoms with van der Waals surface area (Å²) in [6.07, 6.45) is 4.55. The SMILES string of the molecule is CC1(C)C[C@@H](OC(=O)c2ccccc2)[C@@H](CN2CCCCC2)CO1. The molecule has 0 aliphatic carbocycles. The van der Waals surface area contributed by atoms with Crippen molar-refractivity contribution in [2.45, 2.75) is 51.2 Å². The predicted molar refractivity (Wildman–Crippen MR) is 94.1 cm³/mol. The van der Waals surface area contributed by atoms with Crippen LogP contribution in [0.4, 0.5) is 0 Å². The average Bonchev–Trinajstić information content (AvgIpc) is 2.59. The minimum absolute atomic E-state index is 0.0802. The van der Waals surface area contributed by atoms with Gasteiger partial charge in [0.15, 0.2) is 0 Å². The highest BCUT2D eigenvalue weighted by molar-refractivity contribution is 5.89. The molecule has 1 aromatic rings. The van der Waals surface area contributed by atoms with Gasteiger partial charge in [0.1, 0.15) is 6.10 Å². The molecule has 1 aromatic carbocycles. The lowest BCUT2D eigenvalue weighted by Gasteiger charge is -2.42. The molecule has 24 heavy (non-hydrogen) atoms. The molecule has 2 aliphatic rings. The van der Waals surface area contributed by atoms with Crippen molar-refractivity contribution in [3.8, 4) is 0 Å². The summed E-state index contributed by atoms with van der Waals surface area (Å²) in [7, 11) is 0. The summed E-state index contributed by atoms with van der Waals surface area (Å²) in [6.45, 7) is 8.08. The van der Waals surface area contributed by atoms with E-state index < -0.39 is 0 Å². The van der Waals surface area contributed by atoms with E-state index in [4.69, 9.17) is 9.47 Å². The van der Waals surface area contributed by atoms with Crippen LogP contribution in [0.15, 0.2) is 30.3 Å². The van der Waals surface area contributed by atoms with Crippen molar-refractivity contribution in [1.82, 2.24) is 4.90 Å². The molecule has 0 bridgehead atoms. The third-order valence-corrected chi connectivity index (χ3v) is 5.12. The Bertz CT molecular complexity index is 537. The Labute approximate surface area is 145 Å². The molecule has 2 saturated heterocycles. The van der Waals surface area contributed by atoms with E-state index in [9.17, 15) is 4.79 Å². The standard InChI is InChI=1S/C20H29NO3/c1-20(2)13-18(24-19(22)16-9-5-3-6-10-16)17(15-23-20)14-21-11-7-4-8-12-21/h3,5-6,9-10,17-18H,4,7-8,11-15H2,1-2H3/t17-,18+/m0/s1. The van der Waals surface area contributed by atoms with Gasteiger partial charge in [0.2, 0.25) is 0 Å². The topological polar surface area (TPSA) is 38.8 Å². The van der Waals surface area contributed by atoms with E-state index in [2.05, 4.69) is 18.7 Å². The smallest absolute Gasteiger partial charge is 0.338 e. The van der Waals surface area contributed by atoms with Gasteiger partial charge in [-0.1, -0.05) is 24.6 Å². The van der Waals surface area contributed by atoms with E-state index >= 15 is 0 Å². The van der Waals surface area contributed by atoms with Crippen LogP contribution in [0.1, 0.15) is 49.9 Å². The van der Waals surface area contributed by atoms with Crippen LogP contribution in [0.25, 0.3) is 0 Å². The third kappa shape index (κ3) is 4.58. The molecule has 4 heteroatoms. The van der Waals surface area contributed by atoms with E-state index in [0.29, 0.717) is 12.2 Å². The van der Waals surface area contributed by atoms with Gasteiger partial charge in [-0.25, -0.2) is 4.79 Å². The second kappa shape index (κ2) is 7.66. The first-order valence-corrected chi connectivity index (χ1v) is 9.16. The molecule has 2 aliphatic heterocycles. The number of rotatable bonds is 4. The molecule has 0 unspecified atom stereocenters. The quantitative estimate of drug-likeness (QED) is 0.792. The molecular weight excluding hydrogens is 302 g/mol. The number of carbonyl (C=O) groups excluding carboxylic acids is 1. The summed E-state index contributed by atoms with van der Waals surface area (Å²) >= 11 is 0. The molecule has 2 heterocycles. The highest BCUT2D eigenvalue weighted by Gasteiger charge is 2.39. The van der Waals surface area contributed by atoms with E-state index in [-0.39, 0.29) is 23.6 Å². The average molecular weight is 331 g/mol. The van der Waals surface area contributed by atoms with Gasteiger partial charge >= 0.3 is 5.97 Å². The predicted octanol–water partition coefficient (Wildman–Crippen LogP) is 3.51. The summed E-state index contributed by atoms with van der Waals surface area (Å²) < 4.78 is 11.9. The molecule has 0 spiro atoms. The number of piperidine rings is 1. The summed E-state index contributed by atoms with van der Waals surface area (Å²) in [5.74, 6) is 0.0331. The maximum absolute atomic E-state index is 12.5. The number of carbonyl (C=O) groups is 1. The number of benzene rings is 1. The van der Waals surface area contributed by atoms with Crippen LogP contribution in [-0.2, 0) is 9.47 Å². The van der Waals surface area contributed by atoms with Gasteiger partial charge in [0.05, 0.1) is 17.8 Å². The number of likely N-dealkylation sites (tertiary alicyclic amines) is 1. The highest BCUT2D eigenvalue weighted by atomic mass is 16.6. The Kier molecular flexibility index (Phi) is 5.57. The minimum atomic E-state index is -0.236. The number of hydrogen-bond donors (Lipinski definition) is 0. The van der Waals surface area contributed by atoms with Gasteiger partial charge in [-0.2, -0.15) is 0 Å². The Morgan fingerprint density at radius 1 is 1.21 bits per heavy atom. The molecule has 132 valence electrons. The summed E-state index contributed by atoms with van der Waals surface area (Å²) in [4.78, 5) is 15.0. The number of hydrogen-bond acceptors (Lipinski definition) is 4. The van der Waals surface area contributed by atoms with E-state index in [1.54, 1.807) is 0 Å². The molecule has 0 radical (unpaired) electrons. The molecule has 0 N–H and O–H groups in total. The van der Waals surface area contributed by atoms with Crippen LogP contribution in [0, 0.1) is 5.92 Å². The molecule has 4 nitrogen and oxygen atoms in total. The van der Waals surface area contributed by atoms with E-state index in [1.807, 2.05) is 30.3 Å². The highest BCUT2D eigenvalue weighted by Crippen LogP contribution is 2.31. The lowest BCUT2D eigenvalue weighted by Crippen LogP contribution is -2.49. The van der Waals surface area contributed by atoms with Gasteiger partial charge < -0.3 is 14.4 Å². The van der Waals surface area contributed by atoms with Crippen molar-refractivity contribution in [3.63, 3.8) is 0 Å². The van der Waals surface area contributed by atoms with Gasteiger partial charge in [-0.3, -0.25) is 0 Å². The van der Waals surface area contributed by atoms with Crippen LogP contribution in [-0.4, -0.2) is 48.8 Å². The maximum Gasteiger partial charge on any atom is 0.338 e. The maximum atomic E-state index is 12.5. The monoisotopic (exact) mass is 331 g/mol. The minimum Gasteiger partial charge on any atom is -0.458 e. The molecule has 2 fully saturated rings. The third-order valence-electron chi connectivity index (χ3n) is 5.12. The second-order valence-electron chi connectivity index (χ2n) is 7.71. The van der Waals surface area contributed by atoms with Gasteiger partial charge in [0, 0.05) is 18.9 Å². The van der Waals surface area contributed by atoms with Crippen LogP contribution in [0.2, 0.25) is 0 Å². The van der Waals surface area contributed by atoms with Crippen LogP contribution in [0.5, 0.6) is 0 Å². The fourth-order valence-corrected chi connectivity index (χ4v) is 3.71. The molecule has 2 atom stereocenters. The van der Waals surface area contributed by atoms with Crippen molar-refractivity contribution >= 4 is 5.97 Å². The van der Waals surface area contributed by atoms with Crippen molar-refractivity contribution in [1.29, 1.82) is 0 Å². The first-order valence-electron chi connectivity index (χ1n) is 9.16. The summed E-state index contributed by atoms with van der Waals surface area (Å²) in [5, 5.41) is 0. The zero-order valence-electron chi connectivity index (χ0n) is 14.9. The van der Waals surface area contributed by atoms with Crippen LogP contribution in [0.3, 0.4) is 0 Å². The molecule has 0 saturated carbocycles. The van der Waals surface area contributed by atoms with Gasteiger partial charge in [0.25, 0.3) is 0 Å². The zero-order valence-corrected chi connectivity index (χ0v) is 14.9. The Morgan fingerprint density at radius 2 is 1.92 bits per heavy atom. The first kappa shape index (κ1) is 17.4. The van der Waals surface area contributed by atoms with Crippen molar-refractivity contribution < 1.29 is 14.3 Å². The zero-order chi connectivity index (χ0) is 17.0. The fourth-order valence-electron chi connectivity index (χ4n) is 3.71. The first-order chi connectivity index (χ1) is 11.5. The van der Waals surface area contributed by atoms with Gasteiger partial charge in [-0.15, -0.1) is 0 Å². The largest absolute Gasteiger partial charge is 0.458 e. The fraction of sp³-hybridized carbons (Fsp3) is 0.650. The molecule has 3 rings (SSSR count). The van der Waals surface area contributed by atoms with E-state index in [0.717, 1.165) is 26.1 Å². The van der Waals surface area contributed by atoms with E-state index in [1.165, 1.54) is 19.3 Å². The summed E-state index contributed by atoms with van der Waals surface area (Å²) in [5.41, 5.74) is 0.388. The van der Waals surface area contributed by atoms with Crippen molar-refractivity contribution in [2.75, 3.05) is 26.2 Å². The number of ether oxygens (including phenoxy) is 2. The molecule has 0 aromatic heterocycles. The van der Waals surface area contributed by atoms with Crippen LogP contribution < -0.4 is 0 Å². The lowest BCUT2D eigenvalue weighted by atomic mass is 9.87. The van der Waals surface area contributed by atoms with Crippen molar-refractivity contribution in [3.05, 3.63) is 35.9 Å². The normalized spacial score (nSPS) is 27.6. The Balaban J connectivity index is 1.66. The Hall–Kier alpha value is -1.39. The second-order valence-corrected chi connectivity index (χ2v) is 7.71. The van der Waals surface area contributed by atoms with Gasteiger partial charge in [-0.05, 0) is 51.9 Å². The molecular formula is C20H29NO3. The Morgan fingerprint density at radius 3 is 2.62 bits per heavy atom. The number of nitrogens with zero attached hydrogens (tertiary/aromatic N) is 1. The van der Waals surface area contributed by atoms with Crippen molar-refractivity contribution in [2.24, 2.45) is 5.92 Å².